The second kappa shape index (κ2) is 6.56. The van der Waals surface area contributed by atoms with Crippen molar-refractivity contribution in [1.29, 1.82) is 0 Å². The fraction of sp³-hybridized carbons (Fsp3) is 0.200. The normalized spacial score (nSPS) is 9.90. The van der Waals surface area contributed by atoms with E-state index in [4.69, 9.17) is 9.47 Å². The molecule has 0 saturated heterocycles. The first-order valence-electron chi connectivity index (χ1n) is 6.14. The summed E-state index contributed by atoms with van der Waals surface area (Å²) < 4.78 is 10.4. The van der Waals surface area contributed by atoms with Crippen LogP contribution in [0.4, 0.5) is 0 Å². The maximum Gasteiger partial charge on any atom is 0.259 e. The first-order valence-corrected chi connectivity index (χ1v) is 6.14. The van der Waals surface area contributed by atoms with Gasteiger partial charge < -0.3 is 14.8 Å². The zero-order chi connectivity index (χ0) is 14.4. The summed E-state index contributed by atoms with van der Waals surface area (Å²) in [5, 5.41) is 2.83. The highest BCUT2D eigenvalue weighted by Crippen LogP contribution is 2.27. The lowest BCUT2D eigenvalue weighted by molar-refractivity contribution is 0.0944. The summed E-state index contributed by atoms with van der Waals surface area (Å²) in [5.41, 5.74) is 1.32. The Kier molecular flexibility index (Phi) is 4.55. The zero-order valence-corrected chi connectivity index (χ0v) is 11.4. The monoisotopic (exact) mass is 272 g/mol. The van der Waals surface area contributed by atoms with Crippen molar-refractivity contribution < 1.29 is 14.3 Å². The molecule has 0 spiro atoms. The van der Waals surface area contributed by atoms with E-state index in [0.29, 0.717) is 23.6 Å². The van der Waals surface area contributed by atoms with Crippen LogP contribution in [-0.2, 0) is 6.54 Å². The van der Waals surface area contributed by atoms with Gasteiger partial charge in [-0.15, -0.1) is 0 Å². The minimum atomic E-state index is -0.247. The van der Waals surface area contributed by atoms with Gasteiger partial charge in [0.1, 0.15) is 17.1 Å². The Morgan fingerprint density at radius 3 is 2.40 bits per heavy atom. The number of carbonyl (C=O) groups excluding carboxylic acids is 1. The average molecular weight is 272 g/mol. The summed E-state index contributed by atoms with van der Waals surface area (Å²) in [6, 6.07) is 8.94. The number of hydrogen-bond donors (Lipinski definition) is 1. The van der Waals surface area contributed by atoms with Gasteiger partial charge in [-0.1, -0.05) is 12.1 Å². The summed E-state index contributed by atoms with van der Waals surface area (Å²) in [7, 11) is 3.04. The number of ether oxygens (including phenoxy) is 2. The molecule has 0 aliphatic carbocycles. The minimum Gasteiger partial charge on any atom is -0.496 e. The standard InChI is InChI=1S/C15H16N2O3/c1-19-12-6-3-7-13(20-2)14(12)15(18)17-10-11-5-4-8-16-9-11/h3-9H,10H2,1-2H3,(H,17,18). The molecule has 5 nitrogen and oxygen atoms in total. The molecule has 1 aromatic heterocycles. The lowest BCUT2D eigenvalue weighted by Crippen LogP contribution is -2.24. The molecule has 0 radical (unpaired) electrons. The lowest BCUT2D eigenvalue weighted by Gasteiger charge is -2.12. The number of aromatic nitrogens is 1. The van der Waals surface area contributed by atoms with Crippen molar-refractivity contribution in [3.8, 4) is 11.5 Å². The van der Waals surface area contributed by atoms with Gasteiger partial charge in [0.05, 0.1) is 14.2 Å². The second-order valence-electron chi connectivity index (χ2n) is 4.08. The zero-order valence-electron chi connectivity index (χ0n) is 11.4. The molecule has 0 unspecified atom stereocenters. The van der Waals surface area contributed by atoms with Crippen molar-refractivity contribution in [3.63, 3.8) is 0 Å². The van der Waals surface area contributed by atoms with Crippen LogP contribution in [0.3, 0.4) is 0 Å². The first-order chi connectivity index (χ1) is 9.76. The molecule has 0 saturated carbocycles. The average Bonchev–Trinajstić information content (AvgIpc) is 2.52. The summed E-state index contributed by atoms with van der Waals surface area (Å²) in [4.78, 5) is 16.3. The third kappa shape index (κ3) is 3.06. The molecule has 1 aromatic carbocycles. The molecule has 5 heteroatoms. The fourth-order valence-corrected chi connectivity index (χ4v) is 1.85. The number of rotatable bonds is 5. The number of carbonyl (C=O) groups is 1. The van der Waals surface area contributed by atoms with Crippen molar-refractivity contribution in [1.82, 2.24) is 10.3 Å². The van der Waals surface area contributed by atoms with E-state index in [0.717, 1.165) is 5.56 Å². The highest BCUT2D eigenvalue weighted by atomic mass is 16.5. The van der Waals surface area contributed by atoms with Crippen LogP contribution in [0.1, 0.15) is 15.9 Å². The first kappa shape index (κ1) is 13.9. The molecule has 1 N–H and O–H groups in total. The largest absolute Gasteiger partial charge is 0.496 e. The van der Waals surface area contributed by atoms with E-state index in [1.165, 1.54) is 14.2 Å². The molecule has 0 atom stereocenters. The van der Waals surface area contributed by atoms with Crippen LogP contribution in [-0.4, -0.2) is 25.1 Å². The van der Waals surface area contributed by atoms with Gasteiger partial charge in [0.15, 0.2) is 0 Å². The van der Waals surface area contributed by atoms with Gasteiger partial charge in [-0.25, -0.2) is 0 Å². The highest BCUT2D eigenvalue weighted by Gasteiger charge is 2.17. The van der Waals surface area contributed by atoms with Crippen LogP contribution in [0, 0.1) is 0 Å². The van der Waals surface area contributed by atoms with E-state index in [1.54, 1.807) is 30.6 Å². The molecule has 2 aromatic rings. The van der Waals surface area contributed by atoms with Gasteiger partial charge in [-0.05, 0) is 23.8 Å². The number of nitrogens with zero attached hydrogens (tertiary/aromatic N) is 1. The van der Waals surface area contributed by atoms with E-state index in [2.05, 4.69) is 10.3 Å². The quantitative estimate of drug-likeness (QED) is 0.904. The highest BCUT2D eigenvalue weighted by molar-refractivity contribution is 5.99. The van der Waals surface area contributed by atoms with Crippen LogP contribution in [0.5, 0.6) is 11.5 Å². The van der Waals surface area contributed by atoms with Crippen molar-refractivity contribution in [2.75, 3.05) is 14.2 Å². The van der Waals surface area contributed by atoms with Gasteiger partial charge in [0.25, 0.3) is 5.91 Å². The van der Waals surface area contributed by atoms with Crippen molar-refractivity contribution in [3.05, 3.63) is 53.9 Å². The molecule has 0 aliphatic rings. The molecular weight excluding hydrogens is 256 g/mol. The molecule has 0 bridgehead atoms. The van der Waals surface area contributed by atoms with E-state index in [1.807, 2.05) is 12.1 Å². The van der Waals surface area contributed by atoms with E-state index < -0.39 is 0 Å². The maximum absolute atomic E-state index is 12.3. The summed E-state index contributed by atoms with van der Waals surface area (Å²) >= 11 is 0. The number of nitrogens with one attached hydrogen (secondary N) is 1. The van der Waals surface area contributed by atoms with Gasteiger partial charge in [0.2, 0.25) is 0 Å². The molecule has 104 valence electrons. The smallest absolute Gasteiger partial charge is 0.259 e. The van der Waals surface area contributed by atoms with Crippen LogP contribution >= 0.6 is 0 Å². The number of amides is 1. The van der Waals surface area contributed by atoms with E-state index in [9.17, 15) is 4.79 Å². The molecule has 1 heterocycles. The number of benzene rings is 1. The molecule has 20 heavy (non-hydrogen) atoms. The fourth-order valence-electron chi connectivity index (χ4n) is 1.85. The van der Waals surface area contributed by atoms with Crippen LogP contribution in [0.25, 0.3) is 0 Å². The minimum absolute atomic E-state index is 0.247. The predicted molar refractivity (Wildman–Crippen MR) is 75.0 cm³/mol. The third-order valence-electron chi connectivity index (χ3n) is 2.83. The summed E-state index contributed by atoms with van der Waals surface area (Å²) in [6.07, 6.45) is 3.40. The molecule has 1 amide bonds. The van der Waals surface area contributed by atoms with Gasteiger partial charge in [-0.3, -0.25) is 9.78 Å². The van der Waals surface area contributed by atoms with E-state index >= 15 is 0 Å². The second-order valence-corrected chi connectivity index (χ2v) is 4.08. The Hall–Kier alpha value is -2.56. The Labute approximate surface area is 117 Å². The number of pyridine rings is 1. The van der Waals surface area contributed by atoms with Crippen LogP contribution in [0.15, 0.2) is 42.7 Å². The summed E-state index contributed by atoms with van der Waals surface area (Å²) in [5.74, 6) is 0.712. The molecule has 0 fully saturated rings. The Balaban J connectivity index is 2.16. The number of hydrogen-bond acceptors (Lipinski definition) is 4. The Bertz CT molecular complexity index is 563. The topological polar surface area (TPSA) is 60.5 Å². The van der Waals surface area contributed by atoms with Crippen LogP contribution < -0.4 is 14.8 Å². The molecule has 2 rings (SSSR count). The molecule has 0 aliphatic heterocycles. The summed E-state index contributed by atoms with van der Waals surface area (Å²) in [6.45, 7) is 0.397. The van der Waals surface area contributed by atoms with Gasteiger partial charge in [0, 0.05) is 18.9 Å². The molecular formula is C15H16N2O3. The van der Waals surface area contributed by atoms with Crippen molar-refractivity contribution in [2.45, 2.75) is 6.54 Å². The maximum atomic E-state index is 12.3. The van der Waals surface area contributed by atoms with Crippen molar-refractivity contribution in [2.24, 2.45) is 0 Å². The van der Waals surface area contributed by atoms with Crippen LogP contribution in [0.2, 0.25) is 0 Å². The Morgan fingerprint density at radius 2 is 1.85 bits per heavy atom. The Morgan fingerprint density at radius 1 is 1.15 bits per heavy atom. The number of methoxy groups -OCH3 is 2. The SMILES string of the molecule is COc1cccc(OC)c1C(=O)NCc1cccnc1. The van der Waals surface area contributed by atoms with Crippen molar-refractivity contribution >= 4 is 5.91 Å². The lowest BCUT2D eigenvalue weighted by atomic mass is 10.1. The van der Waals surface area contributed by atoms with Gasteiger partial charge >= 0.3 is 0 Å². The third-order valence-corrected chi connectivity index (χ3v) is 2.83. The predicted octanol–water partition coefficient (Wildman–Crippen LogP) is 2.03. The van der Waals surface area contributed by atoms with Gasteiger partial charge in [-0.2, -0.15) is 0 Å². The van der Waals surface area contributed by atoms with E-state index in [-0.39, 0.29) is 5.91 Å².